The fraction of sp³-hybridized carbons (Fsp3) is 0.350. The highest BCUT2D eigenvalue weighted by atomic mass is 32.2. The molecule has 2 rings (SSSR count). The average molecular weight is 391 g/mol. The van der Waals surface area contributed by atoms with Gasteiger partial charge in [0.25, 0.3) is 5.91 Å². The maximum Gasteiger partial charge on any atom is 0.251 e. The van der Waals surface area contributed by atoms with Gasteiger partial charge in [0.2, 0.25) is 10.0 Å². The molecule has 146 valence electrons. The van der Waals surface area contributed by atoms with Crippen LogP contribution >= 0.6 is 0 Å². The van der Waals surface area contributed by atoms with Crippen molar-refractivity contribution in [2.75, 3.05) is 13.2 Å². The number of ether oxygens (including phenoxy) is 1. The summed E-state index contributed by atoms with van der Waals surface area (Å²) in [5.74, 6) is 0.548. The average Bonchev–Trinajstić information content (AvgIpc) is 2.60. The Balaban J connectivity index is 1.81. The second-order valence-corrected chi connectivity index (χ2v) is 8.83. The van der Waals surface area contributed by atoms with Crippen molar-refractivity contribution in [2.45, 2.75) is 37.6 Å². The van der Waals surface area contributed by atoms with Crippen LogP contribution < -0.4 is 14.8 Å². The molecule has 0 saturated carbocycles. The predicted octanol–water partition coefficient (Wildman–Crippen LogP) is 2.96. The summed E-state index contributed by atoms with van der Waals surface area (Å²) in [7, 11) is -3.61. The van der Waals surface area contributed by atoms with Gasteiger partial charge in [0.1, 0.15) is 5.75 Å². The molecule has 1 amide bonds. The second-order valence-electron chi connectivity index (χ2n) is 7.15. The largest absolute Gasteiger partial charge is 0.494 e. The first-order valence-corrected chi connectivity index (χ1v) is 10.3. The summed E-state index contributed by atoms with van der Waals surface area (Å²) in [6.45, 7) is 6.28. The molecule has 0 aliphatic rings. The minimum Gasteiger partial charge on any atom is -0.494 e. The molecule has 0 spiro atoms. The standard InChI is InChI=1S/C20H26N2O4S/c1-20(2,3)22-27(24,25)18-12-10-16(11-13-18)19(23)21-14-7-15-26-17-8-5-4-6-9-17/h4-6,8-13,22H,7,14-15H2,1-3H3,(H,21,23). The van der Waals surface area contributed by atoms with Crippen LogP contribution in [0.3, 0.4) is 0 Å². The highest BCUT2D eigenvalue weighted by Gasteiger charge is 2.22. The van der Waals surface area contributed by atoms with Gasteiger partial charge in [-0.3, -0.25) is 4.79 Å². The van der Waals surface area contributed by atoms with Crippen LogP contribution in [-0.4, -0.2) is 33.0 Å². The third-order valence-electron chi connectivity index (χ3n) is 3.49. The lowest BCUT2D eigenvalue weighted by Gasteiger charge is -2.20. The normalized spacial score (nSPS) is 11.8. The molecule has 6 nitrogen and oxygen atoms in total. The Morgan fingerprint density at radius 3 is 2.22 bits per heavy atom. The Morgan fingerprint density at radius 1 is 1.00 bits per heavy atom. The summed E-state index contributed by atoms with van der Waals surface area (Å²) in [6, 6.07) is 15.4. The summed E-state index contributed by atoms with van der Waals surface area (Å²) in [4.78, 5) is 12.3. The van der Waals surface area contributed by atoms with Gasteiger partial charge in [-0.15, -0.1) is 0 Å². The predicted molar refractivity (Wildman–Crippen MR) is 105 cm³/mol. The molecule has 2 aromatic carbocycles. The van der Waals surface area contributed by atoms with E-state index in [2.05, 4.69) is 10.0 Å². The van der Waals surface area contributed by atoms with E-state index < -0.39 is 15.6 Å². The number of hydrogen-bond acceptors (Lipinski definition) is 4. The lowest BCUT2D eigenvalue weighted by atomic mass is 10.1. The molecule has 0 aliphatic heterocycles. The SMILES string of the molecule is CC(C)(C)NS(=O)(=O)c1ccc(C(=O)NCCCOc2ccccc2)cc1. The first-order valence-electron chi connectivity index (χ1n) is 8.77. The summed E-state index contributed by atoms with van der Waals surface area (Å²) in [6.07, 6.45) is 0.669. The van der Waals surface area contributed by atoms with Gasteiger partial charge in [0.05, 0.1) is 11.5 Å². The van der Waals surface area contributed by atoms with E-state index in [9.17, 15) is 13.2 Å². The maximum atomic E-state index is 12.3. The van der Waals surface area contributed by atoms with Crippen molar-refractivity contribution < 1.29 is 17.9 Å². The maximum absolute atomic E-state index is 12.3. The van der Waals surface area contributed by atoms with Crippen molar-refractivity contribution in [3.8, 4) is 5.75 Å². The lowest BCUT2D eigenvalue weighted by molar-refractivity contribution is 0.0951. The van der Waals surface area contributed by atoms with E-state index in [0.717, 1.165) is 5.75 Å². The van der Waals surface area contributed by atoms with Crippen LogP contribution in [0.5, 0.6) is 5.75 Å². The van der Waals surface area contributed by atoms with Crippen molar-refractivity contribution in [3.63, 3.8) is 0 Å². The highest BCUT2D eigenvalue weighted by Crippen LogP contribution is 2.14. The van der Waals surface area contributed by atoms with Gasteiger partial charge >= 0.3 is 0 Å². The van der Waals surface area contributed by atoms with Crippen LogP contribution in [0, 0.1) is 0 Å². The number of carbonyl (C=O) groups excluding carboxylic acids is 1. The molecule has 2 N–H and O–H groups in total. The molecule has 0 unspecified atom stereocenters. The lowest BCUT2D eigenvalue weighted by Crippen LogP contribution is -2.40. The first kappa shape index (κ1) is 20.9. The van der Waals surface area contributed by atoms with E-state index in [0.29, 0.717) is 25.1 Å². The van der Waals surface area contributed by atoms with E-state index in [1.165, 1.54) is 24.3 Å². The molecule has 0 aliphatic carbocycles. The highest BCUT2D eigenvalue weighted by molar-refractivity contribution is 7.89. The van der Waals surface area contributed by atoms with Crippen LogP contribution in [-0.2, 0) is 10.0 Å². The zero-order valence-corrected chi connectivity index (χ0v) is 16.7. The van der Waals surface area contributed by atoms with Gasteiger partial charge in [0.15, 0.2) is 0 Å². The molecule has 2 aromatic rings. The van der Waals surface area contributed by atoms with Gasteiger partial charge in [-0.25, -0.2) is 13.1 Å². The molecule has 7 heteroatoms. The third kappa shape index (κ3) is 7.03. The molecular weight excluding hydrogens is 364 g/mol. The fourth-order valence-corrected chi connectivity index (χ4v) is 3.75. The quantitative estimate of drug-likeness (QED) is 0.679. The Morgan fingerprint density at radius 2 is 1.63 bits per heavy atom. The minimum absolute atomic E-state index is 0.130. The smallest absolute Gasteiger partial charge is 0.251 e. The van der Waals surface area contributed by atoms with Gasteiger partial charge in [-0.1, -0.05) is 18.2 Å². The topological polar surface area (TPSA) is 84.5 Å². The number of nitrogens with one attached hydrogen (secondary N) is 2. The van der Waals surface area contributed by atoms with Crippen molar-refractivity contribution in [1.82, 2.24) is 10.0 Å². The van der Waals surface area contributed by atoms with Crippen LogP contribution in [0.1, 0.15) is 37.6 Å². The molecule has 0 saturated heterocycles. The van der Waals surface area contributed by atoms with Gasteiger partial charge in [-0.05, 0) is 63.6 Å². The Hall–Kier alpha value is -2.38. The molecule has 0 aromatic heterocycles. The molecule has 0 fully saturated rings. The molecule has 0 heterocycles. The van der Waals surface area contributed by atoms with Crippen LogP contribution in [0.2, 0.25) is 0 Å². The number of amides is 1. The zero-order chi connectivity index (χ0) is 19.9. The number of hydrogen-bond donors (Lipinski definition) is 2. The summed E-state index contributed by atoms with van der Waals surface area (Å²) >= 11 is 0. The van der Waals surface area contributed by atoms with Gasteiger partial charge in [0, 0.05) is 17.6 Å². The van der Waals surface area contributed by atoms with Gasteiger partial charge in [-0.2, -0.15) is 0 Å². The van der Waals surface area contributed by atoms with Crippen molar-refractivity contribution in [1.29, 1.82) is 0 Å². The minimum atomic E-state index is -3.61. The summed E-state index contributed by atoms with van der Waals surface area (Å²) < 4.78 is 32.7. The summed E-state index contributed by atoms with van der Waals surface area (Å²) in [5, 5.41) is 2.80. The molecule has 0 radical (unpaired) electrons. The van der Waals surface area contributed by atoms with Crippen molar-refractivity contribution in [2.24, 2.45) is 0 Å². The van der Waals surface area contributed by atoms with Crippen LogP contribution in [0.15, 0.2) is 59.5 Å². The summed E-state index contributed by atoms with van der Waals surface area (Å²) in [5.41, 5.74) is -0.162. The van der Waals surface area contributed by atoms with E-state index in [4.69, 9.17) is 4.74 Å². The molecule has 27 heavy (non-hydrogen) atoms. The Labute approximate surface area is 161 Å². The fourth-order valence-electron chi connectivity index (χ4n) is 2.33. The van der Waals surface area contributed by atoms with Crippen molar-refractivity contribution in [3.05, 3.63) is 60.2 Å². The zero-order valence-electron chi connectivity index (χ0n) is 15.9. The van der Waals surface area contributed by atoms with E-state index in [1.54, 1.807) is 20.8 Å². The van der Waals surface area contributed by atoms with Crippen LogP contribution in [0.4, 0.5) is 0 Å². The van der Waals surface area contributed by atoms with E-state index >= 15 is 0 Å². The first-order chi connectivity index (χ1) is 12.7. The third-order valence-corrected chi connectivity index (χ3v) is 5.26. The number of para-hydroxylation sites is 1. The van der Waals surface area contributed by atoms with E-state index in [1.807, 2.05) is 30.3 Å². The van der Waals surface area contributed by atoms with Crippen LogP contribution in [0.25, 0.3) is 0 Å². The number of carbonyl (C=O) groups is 1. The molecule has 0 atom stereocenters. The number of benzene rings is 2. The molecule has 0 bridgehead atoms. The Bertz CT molecular complexity index is 842. The van der Waals surface area contributed by atoms with E-state index in [-0.39, 0.29) is 10.8 Å². The second kappa shape index (κ2) is 9.01. The Kier molecular flexibility index (Phi) is 6.98. The number of rotatable bonds is 8. The van der Waals surface area contributed by atoms with Gasteiger partial charge < -0.3 is 10.1 Å². The number of sulfonamides is 1. The molecular formula is C20H26N2O4S. The van der Waals surface area contributed by atoms with Crippen molar-refractivity contribution >= 4 is 15.9 Å². The monoisotopic (exact) mass is 390 g/mol.